The summed E-state index contributed by atoms with van der Waals surface area (Å²) in [4.78, 5) is 14.8. The molecule has 1 saturated heterocycles. The number of anilines is 1. The first-order chi connectivity index (χ1) is 13.3. The Morgan fingerprint density at radius 3 is 3.07 bits per heavy atom. The van der Waals surface area contributed by atoms with Crippen molar-refractivity contribution in [3.8, 4) is 28.4 Å². The molecule has 8 heteroatoms. The number of thiazole rings is 1. The number of phenols is 1. The SMILES string of the molecule is Oc1cccc(-c2nc3sccn3c2-c2ccnc(N[C@@H]3CCNC3)n2)c1. The molecule has 0 radical (unpaired) electrons. The zero-order valence-electron chi connectivity index (χ0n) is 14.5. The molecule has 7 nitrogen and oxygen atoms in total. The van der Waals surface area contributed by atoms with E-state index in [0.29, 0.717) is 12.0 Å². The summed E-state index contributed by atoms with van der Waals surface area (Å²) in [5.74, 6) is 0.835. The molecule has 27 heavy (non-hydrogen) atoms. The van der Waals surface area contributed by atoms with Crippen LogP contribution in [0.15, 0.2) is 48.1 Å². The molecule has 1 atom stereocenters. The van der Waals surface area contributed by atoms with Crippen LogP contribution in [0, 0.1) is 0 Å². The molecule has 0 aliphatic carbocycles. The highest BCUT2D eigenvalue weighted by Gasteiger charge is 2.20. The molecule has 3 aromatic heterocycles. The van der Waals surface area contributed by atoms with Crippen molar-refractivity contribution in [2.45, 2.75) is 12.5 Å². The molecule has 4 aromatic rings. The van der Waals surface area contributed by atoms with Crippen LogP contribution >= 0.6 is 11.3 Å². The third-order valence-electron chi connectivity index (χ3n) is 4.67. The lowest BCUT2D eigenvalue weighted by Crippen LogP contribution is -2.23. The van der Waals surface area contributed by atoms with Crippen molar-refractivity contribution in [2.24, 2.45) is 0 Å². The summed E-state index contributed by atoms with van der Waals surface area (Å²) < 4.78 is 2.04. The zero-order valence-corrected chi connectivity index (χ0v) is 15.3. The summed E-state index contributed by atoms with van der Waals surface area (Å²) in [5.41, 5.74) is 3.34. The highest BCUT2D eigenvalue weighted by Crippen LogP contribution is 2.34. The van der Waals surface area contributed by atoms with E-state index in [9.17, 15) is 5.11 Å². The average Bonchev–Trinajstić information content (AvgIpc) is 3.39. The number of aromatic hydroxyl groups is 1. The Labute approximate surface area is 159 Å². The molecule has 5 rings (SSSR count). The van der Waals surface area contributed by atoms with E-state index >= 15 is 0 Å². The van der Waals surface area contributed by atoms with Crippen LogP contribution < -0.4 is 10.6 Å². The predicted molar refractivity (Wildman–Crippen MR) is 106 cm³/mol. The largest absolute Gasteiger partial charge is 0.508 e. The van der Waals surface area contributed by atoms with Crippen molar-refractivity contribution in [3.05, 3.63) is 48.1 Å². The third kappa shape index (κ3) is 3.02. The van der Waals surface area contributed by atoms with Gasteiger partial charge in [-0.25, -0.2) is 15.0 Å². The number of aromatic nitrogens is 4. The van der Waals surface area contributed by atoms with Crippen LogP contribution in [0.2, 0.25) is 0 Å². The van der Waals surface area contributed by atoms with Crippen molar-refractivity contribution in [1.29, 1.82) is 0 Å². The molecule has 1 aliphatic heterocycles. The van der Waals surface area contributed by atoms with Crippen molar-refractivity contribution < 1.29 is 5.11 Å². The Morgan fingerprint density at radius 2 is 2.22 bits per heavy atom. The molecule has 1 aromatic carbocycles. The maximum atomic E-state index is 9.89. The molecule has 1 aliphatic rings. The molecule has 0 unspecified atom stereocenters. The van der Waals surface area contributed by atoms with Crippen LogP contribution in [0.3, 0.4) is 0 Å². The Balaban J connectivity index is 1.62. The monoisotopic (exact) mass is 378 g/mol. The Kier molecular flexibility index (Phi) is 3.99. The van der Waals surface area contributed by atoms with E-state index in [0.717, 1.165) is 47.1 Å². The number of imidazole rings is 1. The van der Waals surface area contributed by atoms with Gasteiger partial charge in [0.2, 0.25) is 5.95 Å². The Hall–Kier alpha value is -2.97. The van der Waals surface area contributed by atoms with Crippen LogP contribution in [0.4, 0.5) is 5.95 Å². The number of phenolic OH excluding ortho intramolecular Hbond substituents is 1. The zero-order chi connectivity index (χ0) is 18.2. The molecule has 3 N–H and O–H groups in total. The van der Waals surface area contributed by atoms with E-state index in [4.69, 9.17) is 9.97 Å². The fraction of sp³-hybridized carbons (Fsp3) is 0.211. The second-order valence-electron chi connectivity index (χ2n) is 6.51. The van der Waals surface area contributed by atoms with Gasteiger partial charge in [-0.15, -0.1) is 11.3 Å². The van der Waals surface area contributed by atoms with Gasteiger partial charge in [0.25, 0.3) is 0 Å². The minimum atomic E-state index is 0.216. The first-order valence-electron chi connectivity index (χ1n) is 8.83. The van der Waals surface area contributed by atoms with E-state index in [1.54, 1.807) is 29.7 Å². The normalized spacial score (nSPS) is 16.8. The molecular formula is C19H18N6OS. The van der Waals surface area contributed by atoms with Crippen LogP contribution in [-0.2, 0) is 0 Å². The molecule has 0 bridgehead atoms. The predicted octanol–water partition coefficient (Wildman–Crippen LogP) is 3.00. The summed E-state index contributed by atoms with van der Waals surface area (Å²) >= 11 is 1.57. The lowest BCUT2D eigenvalue weighted by molar-refractivity contribution is 0.475. The number of hydrogen-bond acceptors (Lipinski definition) is 7. The first kappa shape index (κ1) is 16.2. The summed E-state index contributed by atoms with van der Waals surface area (Å²) in [6, 6.07) is 9.38. The van der Waals surface area contributed by atoms with Crippen molar-refractivity contribution in [1.82, 2.24) is 24.7 Å². The molecule has 0 spiro atoms. The van der Waals surface area contributed by atoms with Gasteiger partial charge in [0, 0.05) is 35.9 Å². The molecular weight excluding hydrogens is 360 g/mol. The van der Waals surface area contributed by atoms with E-state index < -0.39 is 0 Å². The molecule has 136 valence electrons. The van der Waals surface area contributed by atoms with Crippen LogP contribution in [0.1, 0.15) is 6.42 Å². The lowest BCUT2D eigenvalue weighted by atomic mass is 10.1. The first-order valence-corrected chi connectivity index (χ1v) is 9.71. The van der Waals surface area contributed by atoms with Crippen LogP contribution in [0.25, 0.3) is 27.6 Å². The summed E-state index contributed by atoms with van der Waals surface area (Å²) in [7, 11) is 0. The summed E-state index contributed by atoms with van der Waals surface area (Å²) in [6.45, 7) is 1.93. The number of fused-ring (bicyclic) bond motifs is 1. The number of benzene rings is 1. The fourth-order valence-corrected chi connectivity index (χ4v) is 4.12. The average molecular weight is 378 g/mol. The van der Waals surface area contributed by atoms with Crippen LogP contribution in [-0.4, -0.2) is 43.6 Å². The minimum absolute atomic E-state index is 0.216. The summed E-state index contributed by atoms with van der Waals surface area (Å²) in [5, 5.41) is 18.6. The van der Waals surface area contributed by atoms with Crippen molar-refractivity contribution in [2.75, 3.05) is 18.4 Å². The standard InChI is InChI=1S/C19H18N6OS/c26-14-3-1-2-12(10-14)16-17(25-8-9-27-19(25)24-16)15-5-7-21-18(23-15)22-13-4-6-20-11-13/h1-3,5,7-10,13,20,26H,4,6,11H2,(H,21,22,23)/t13-/m1/s1. The van der Waals surface area contributed by atoms with Crippen LogP contribution in [0.5, 0.6) is 5.75 Å². The second kappa shape index (κ2) is 6.64. The van der Waals surface area contributed by atoms with E-state index in [1.807, 2.05) is 34.2 Å². The topological polar surface area (TPSA) is 87.4 Å². The van der Waals surface area contributed by atoms with Crippen molar-refractivity contribution in [3.63, 3.8) is 0 Å². The number of rotatable bonds is 4. The highest BCUT2D eigenvalue weighted by molar-refractivity contribution is 7.15. The number of nitrogens with zero attached hydrogens (tertiary/aromatic N) is 4. The smallest absolute Gasteiger partial charge is 0.223 e. The van der Waals surface area contributed by atoms with Gasteiger partial charge in [-0.05, 0) is 31.2 Å². The van der Waals surface area contributed by atoms with Gasteiger partial charge < -0.3 is 15.7 Å². The molecule has 0 saturated carbocycles. The van der Waals surface area contributed by atoms with E-state index in [1.165, 1.54) is 0 Å². The van der Waals surface area contributed by atoms with Gasteiger partial charge in [-0.2, -0.15) is 0 Å². The molecule has 0 amide bonds. The third-order valence-corrected chi connectivity index (χ3v) is 5.43. The maximum Gasteiger partial charge on any atom is 0.223 e. The summed E-state index contributed by atoms with van der Waals surface area (Å²) in [6.07, 6.45) is 4.82. The minimum Gasteiger partial charge on any atom is -0.508 e. The van der Waals surface area contributed by atoms with Gasteiger partial charge in [-0.3, -0.25) is 4.40 Å². The number of nitrogens with one attached hydrogen (secondary N) is 2. The van der Waals surface area contributed by atoms with E-state index in [-0.39, 0.29) is 5.75 Å². The van der Waals surface area contributed by atoms with E-state index in [2.05, 4.69) is 15.6 Å². The Bertz CT molecular complexity index is 1100. The Morgan fingerprint density at radius 1 is 1.26 bits per heavy atom. The second-order valence-corrected chi connectivity index (χ2v) is 7.39. The molecule has 1 fully saturated rings. The fourth-order valence-electron chi connectivity index (χ4n) is 3.41. The van der Waals surface area contributed by atoms with Gasteiger partial charge in [0.05, 0.1) is 11.4 Å². The van der Waals surface area contributed by atoms with Crippen molar-refractivity contribution >= 4 is 22.2 Å². The van der Waals surface area contributed by atoms with Gasteiger partial charge in [-0.1, -0.05) is 12.1 Å². The highest BCUT2D eigenvalue weighted by atomic mass is 32.1. The maximum absolute atomic E-state index is 9.89. The number of hydrogen-bond donors (Lipinski definition) is 3. The van der Waals surface area contributed by atoms with Gasteiger partial charge in [0.1, 0.15) is 11.4 Å². The lowest BCUT2D eigenvalue weighted by Gasteiger charge is -2.12. The van der Waals surface area contributed by atoms with Gasteiger partial charge in [0.15, 0.2) is 4.96 Å². The quantitative estimate of drug-likeness (QED) is 0.506. The van der Waals surface area contributed by atoms with Gasteiger partial charge >= 0.3 is 0 Å². The molecule has 4 heterocycles.